The molecule has 2 aromatic heterocycles. The minimum absolute atomic E-state index is 0.292. The summed E-state index contributed by atoms with van der Waals surface area (Å²) in [4.78, 5) is 8.54. The van der Waals surface area contributed by atoms with E-state index in [1.54, 1.807) is 0 Å². The topological polar surface area (TPSA) is 97.3 Å². The van der Waals surface area contributed by atoms with E-state index >= 15 is 0 Å². The van der Waals surface area contributed by atoms with E-state index in [9.17, 15) is 4.39 Å². The number of aromatic nitrogens is 4. The van der Waals surface area contributed by atoms with Crippen molar-refractivity contribution in [1.29, 1.82) is 0 Å². The molecule has 32 heavy (non-hydrogen) atoms. The molecule has 0 atom stereocenters. The number of alkyl halides is 1. The Morgan fingerprint density at radius 1 is 0.938 bits per heavy atom. The third-order valence-corrected chi connectivity index (χ3v) is 4.95. The SMILES string of the molecule is CCCCn1nc(-c2ccc(OCCOCCOCCCCF)cc2)c2c(N)ncnc21. The van der Waals surface area contributed by atoms with Gasteiger partial charge in [-0.25, -0.2) is 14.6 Å². The van der Waals surface area contributed by atoms with Crippen LogP contribution in [0.2, 0.25) is 0 Å². The van der Waals surface area contributed by atoms with E-state index in [-0.39, 0.29) is 6.67 Å². The van der Waals surface area contributed by atoms with Crippen LogP contribution in [0.25, 0.3) is 22.3 Å². The molecule has 0 aliphatic rings. The fourth-order valence-electron chi connectivity index (χ4n) is 3.24. The lowest BCUT2D eigenvalue weighted by molar-refractivity contribution is 0.0350. The number of nitrogens with zero attached hydrogens (tertiary/aromatic N) is 4. The molecule has 2 heterocycles. The van der Waals surface area contributed by atoms with Gasteiger partial charge >= 0.3 is 0 Å². The third-order valence-electron chi connectivity index (χ3n) is 4.95. The van der Waals surface area contributed by atoms with Crippen molar-refractivity contribution in [3.05, 3.63) is 30.6 Å². The van der Waals surface area contributed by atoms with Gasteiger partial charge in [-0.15, -0.1) is 0 Å². The first kappa shape index (κ1) is 23.9. The normalized spacial score (nSPS) is 11.3. The number of unbranched alkanes of at least 4 members (excludes halogenated alkanes) is 2. The molecule has 9 heteroatoms. The first-order valence-electron chi connectivity index (χ1n) is 11.2. The summed E-state index contributed by atoms with van der Waals surface area (Å²) in [7, 11) is 0. The van der Waals surface area contributed by atoms with Gasteiger partial charge in [-0.2, -0.15) is 5.10 Å². The van der Waals surface area contributed by atoms with E-state index in [0.29, 0.717) is 45.3 Å². The summed E-state index contributed by atoms with van der Waals surface area (Å²) in [6.07, 6.45) is 4.85. The first-order chi connectivity index (χ1) is 15.7. The first-order valence-corrected chi connectivity index (χ1v) is 11.2. The van der Waals surface area contributed by atoms with Crippen molar-refractivity contribution in [3.8, 4) is 17.0 Å². The zero-order valence-corrected chi connectivity index (χ0v) is 18.6. The number of rotatable bonds is 15. The molecule has 0 aliphatic carbocycles. The number of benzene rings is 1. The van der Waals surface area contributed by atoms with E-state index in [1.165, 1.54) is 6.33 Å². The maximum atomic E-state index is 12.0. The minimum atomic E-state index is -0.292. The molecule has 0 radical (unpaired) electrons. The highest BCUT2D eigenvalue weighted by Gasteiger charge is 2.16. The smallest absolute Gasteiger partial charge is 0.163 e. The van der Waals surface area contributed by atoms with Gasteiger partial charge in [-0.05, 0) is 43.5 Å². The predicted molar refractivity (Wildman–Crippen MR) is 122 cm³/mol. The van der Waals surface area contributed by atoms with Crippen LogP contribution < -0.4 is 10.5 Å². The Morgan fingerprint density at radius 3 is 2.44 bits per heavy atom. The second-order valence-electron chi connectivity index (χ2n) is 7.38. The standard InChI is InChI=1S/C23H32FN5O3/c1-2-3-11-29-23-20(22(25)26-17-27-23)21(28-29)18-6-8-19(9-7-18)32-16-15-31-14-13-30-12-5-4-10-24/h6-9,17H,2-5,10-16H2,1H3,(H2,25,26,27). The highest BCUT2D eigenvalue weighted by atomic mass is 19.1. The van der Waals surface area contributed by atoms with Crippen molar-refractivity contribution in [1.82, 2.24) is 19.7 Å². The van der Waals surface area contributed by atoms with E-state index in [1.807, 2.05) is 28.9 Å². The number of hydrogen-bond acceptors (Lipinski definition) is 7. The summed E-state index contributed by atoms with van der Waals surface area (Å²) in [5, 5.41) is 5.53. The molecular weight excluding hydrogens is 413 g/mol. The Morgan fingerprint density at radius 2 is 1.69 bits per heavy atom. The summed E-state index contributed by atoms with van der Waals surface area (Å²) in [6.45, 7) is 5.12. The van der Waals surface area contributed by atoms with Gasteiger partial charge in [0.05, 0.1) is 31.9 Å². The molecule has 0 saturated heterocycles. The maximum Gasteiger partial charge on any atom is 0.163 e. The van der Waals surface area contributed by atoms with E-state index in [2.05, 4.69) is 16.9 Å². The van der Waals surface area contributed by atoms with Crippen LogP contribution in [0.3, 0.4) is 0 Å². The Balaban J connectivity index is 1.51. The summed E-state index contributed by atoms with van der Waals surface area (Å²) in [6, 6.07) is 7.72. The monoisotopic (exact) mass is 445 g/mol. The van der Waals surface area contributed by atoms with Gasteiger partial charge in [0.25, 0.3) is 0 Å². The van der Waals surface area contributed by atoms with Crippen molar-refractivity contribution in [3.63, 3.8) is 0 Å². The number of nitrogens with two attached hydrogens (primary N) is 1. The van der Waals surface area contributed by atoms with Gasteiger partial charge in [0.15, 0.2) is 5.65 Å². The van der Waals surface area contributed by atoms with Crippen LogP contribution in [-0.4, -0.2) is 59.5 Å². The van der Waals surface area contributed by atoms with E-state index < -0.39 is 0 Å². The van der Waals surface area contributed by atoms with Crippen LogP contribution in [0.4, 0.5) is 10.2 Å². The summed E-state index contributed by atoms with van der Waals surface area (Å²) < 4.78 is 30.5. The van der Waals surface area contributed by atoms with Gasteiger partial charge in [-0.3, -0.25) is 4.39 Å². The number of halogens is 1. The van der Waals surface area contributed by atoms with E-state index in [0.717, 1.165) is 53.8 Å². The van der Waals surface area contributed by atoms with Crippen molar-refractivity contribution < 1.29 is 18.6 Å². The average Bonchev–Trinajstić information content (AvgIpc) is 3.19. The number of anilines is 1. The molecule has 0 spiro atoms. The highest BCUT2D eigenvalue weighted by Crippen LogP contribution is 2.31. The molecule has 0 amide bonds. The Bertz CT molecular complexity index is 949. The van der Waals surface area contributed by atoms with E-state index in [4.69, 9.17) is 25.0 Å². The van der Waals surface area contributed by atoms with Gasteiger partial charge in [0.1, 0.15) is 30.2 Å². The highest BCUT2D eigenvalue weighted by molar-refractivity contribution is 5.98. The van der Waals surface area contributed by atoms with Crippen LogP contribution in [0.5, 0.6) is 5.75 Å². The number of aryl methyl sites for hydroxylation is 1. The predicted octanol–water partition coefficient (Wildman–Crippen LogP) is 4.04. The lowest BCUT2D eigenvalue weighted by atomic mass is 10.1. The summed E-state index contributed by atoms with van der Waals surface area (Å²) in [5.41, 5.74) is 8.60. The van der Waals surface area contributed by atoms with Crippen LogP contribution >= 0.6 is 0 Å². The molecule has 0 unspecified atom stereocenters. The van der Waals surface area contributed by atoms with Gasteiger partial charge in [0.2, 0.25) is 0 Å². The number of ether oxygens (including phenoxy) is 3. The zero-order valence-electron chi connectivity index (χ0n) is 18.6. The molecule has 174 valence electrons. The van der Waals surface area contributed by atoms with Crippen molar-refractivity contribution in [2.24, 2.45) is 0 Å². The number of hydrogen-bond donors (Lipinski definition) is 1. The second-order valence-corrected chi connectivity index (χ2v) is 7.38. The average molecular weight is 446 g/mol. The lowest BCUT2D eigenvalue weighted by Crippen LogP contribution is -2.11. The molecule has 3 rings (SSSR count). The number of nitrogen functional groups attached to an aromatic ring is 1. The molecule has 8 nitrogen and oxygen atoms in total. The van der Waals surface area contributed by atoms with Crippen molar-refractivity contribution >= 4 is 16.9 Å². The summed E-state index contributed by atoms with van der Waals surface area (Å²) in [5.74, 6) is 1.18. The Labute approximate surface area is 187 Å². The summed E-state index contributed by atoms with van der Waals surface area (Å²) >= 11 is 0. The van der Waals surface area contributed by atoms with Crippen molar-refractivity contribution in [2.75, 3.05) is 45.4 Å². The molecule has 0 saturated carbocycles. The number of fused-ring (bicyclic) bond motifs is 1. The van der Waals surface area contributed by atoms with Gasteiger partial charge in [-0.1, -0.05) is 13.3 Å². The second kappa shape index (κ2) is 12.9. The van der Waals surface area contributed by atoms with Crippen LogP contribution in [0.1, 0.15) is 32.6 Å². The fraction of sp³-hybridized carbons (Fsp3) is 0.522. The Kier molecular flexibility index (Phi) is 9.64. The molecule has 1 aromatic carbocycles. The maximum absolute atomic E-state index is 12.0. The molecule has 3 aromatic rings. The quantitative estimate of drug-likeness (QED) is 0.353. The van der Waals surface area contributed by atoms with Gasteiger partial charge in [0, 0.05) is 18.7 Å². The fourth-order valence-corrected chi connectivity index (χ4v) is 3.24. The van der Waals surface area contributed by atoms with Crippen LogP contribution in [-0.2, 0) is 16.0 Å². The molecule has 2 N–H and O–H groups in total. The van der Waals surface area contributed by atoms with Crippen LogP contribution in [0, 0.1) is 0 Å². The van der Waals surface area contributed by atoms with Crippen molar-refractivity contribution in [2.45, 2.75) is 39.2 Å². The Hall–Kier alpha value is -2.78. The molecule has 0 bridgehead atoms. The largest absolute Gasteiger partial charge is 0.491 e. The third kappa shape index (κ3) is 6.61. The minimum Gasteiger partial charge on any atom is -0.491 e. The lowest BCUT2D eigenvalue weighted by Gasteiger charge is -2.08. The molecule has 0 fully saturated rings. The zero-order chi connectivity index (χ0) is 22.6. The van der Waals surface area contributed by atoms with Crippen LogP contribution in [0.15, 0.2) is 30.6 Å². The molecule has 0 aliphatic heterocycles. The molecular formula is C23H32FN5O3. The van der Waals surface area contributed by atoms with Gasteiger partial charge < -0.3 is 19.9 Å².